The third kappa shape index (κ3) is 5.59. The summed E-state index contributed by atoms with van der Waals surface area (Å²) >= 11 is 7.28. The third-order valence-corrected chi connectivity index (χ3v) is 7.31. The number of anilines is 1. The molecule has 32 heavy (non-hydrogen) atoms. The highest BCUT2D eigenvalue weighted by Crippen LogP contribution is 2.29. The van der Waals surface area contributed by atoms with Gasteiger partial charge < -0.3 is 5.11 Å². The monoisotopic (exact) mass is 494 g/mol. The number of benzene rings is 2. The van der Waals surface area contributed by atoms with Gasteiger partial charge >= 0.3 is 5.97 Å². The zero-order valence-corrected chi connectivity index (χ0v) is 19.6. The summed E-state index contributed by atoms with van der Waals surface area (Å²) in [6, 6.07) is 11.6. The molecule has 0 spiro atoms. The molecule has 0 saturated carbocycles. The van der Waals surface area contributed by atoms with Crippen LogP contribution >= 0.6 is 23.4 Å². The molecule has 3 aromatic rings. The highest BCUT2D eigenvalue weighted by atomic mass is 35.5. The van der Waals surface area contributed by atoms with Gasteiger partial charge in [0.15, 0.2) is 0 Å². The molecule has 0 amide bonds. The van der Waals surface area contributed by atoms with E-state index in [0.717, 1.165) is 6.07 Å². The number of carboxylic acid groups (broad SMARTS) is 1. The predicted octanol–water partition coefficient (Wildman–Crippen LogP) is 5.79. The molecular weight excluding hydrogens is 475 g/mol. The molecule has 2 aromatic carbocycles. The van der Waals surface area contributed by atoms with Crippen LogP contribution in [0.1, 0.15) is 41.3 Å². The molecule has 0 aliphatic heterocycles. The van der Waals surface area contributed by atoms with Crippen molar-refractivity contribution >= 4 is 45.0 Å². The summed E-state index contributed by atoms with van der Waals surface area (Å²) in [5.74, 6) is -1.40. The Morgan fingerprint density at radius 2 is 1.97 bits per heavy atom. The number of carboxylic acids is 1. The van der Waals surface area contributed by atoms with Crippen LogP contribution in [0.2, 0.25) is 5.02 Å². The minimum absolute atomic E-state index is 0.0560. The van der Waals surface area contributed by atoms with E-state index in [1.54, 1.807) is 12.1 Å². The van der Waals surface area contributed by atoms with Gasteiger partial charge in [-0.25, -0.2) is 22.6 Å². The van der Waals surface area contributed by atoms with Gasteiger partial charge in [-0.2, -0.15) is 0 Å². The topological polar surface area (TPSA) is 96.4 Å². The second-order valence-electron chi connectivity index (χ2n) is 7.19. The van der Waals surface area contributed by atoms with Crippen molar-refractivity contribution in [3.8, 4) is 0 Å². The number of aromatic carboxylic acids is 1. The molecule has 2 N–H and O–H groups in total. The van der Waals surface area contributed by atoms with E-state index in [1.807, 2.05) is 13.8 Å². The fourth-order valence-corrected chi connectivity index (χ4v) is 5.20. The van der Waals surface area contributed by atoms with Crippen molar-refractivity contribution < 1.29 is 22.7 Å². The Hall–Kier alpha value is -2.62. The number of carbonyl (C=O) groups is 1. The van der Waals surface area contributed by atoms with Crippen molar-refractivity contribution in [2.45, 2.75) is 35.4 Å². The fraction of sp³-hybridized carbons (Fsp3) is 0.182. The molecule has 0 bridgehead atoms. The van der Waals surface area contributed by atoms with E-state index >= 15 is 0 Å². The number of halogens is 2. The number of hydrogen-bond donors (Lipinski definition) is 2. The highest BCUT2D eigenvalue weighted by Gasteiger charge is 2.20. The molecule has 0 aliphatic carbocycles. The SMILES string of the molecule is CC(C)c1ccc(S(=O)(=O)Nc2ccc(SCc3c(F)cccc3Cl)nc2)cc1C(=O)O. The van der Waals surface area contributed by atoms with Crippen LogP contribution in [0.4, 0.5) is 10.1 Å². The van der Waals surface area contributed by atoms with Crippen LogP contribution in [0.3, 0.4) is 0 Å². The molecule has 0 unspecified atom stereocenters. The number of thioether (sulfide) groups is 1. The largest absolute Gasteiger partial charge is 0.478 e. The Labute approximate surface area is 194 Å². The highest BCUT2D eigenvalue weighted by molar-refractivity contribution is 7.98. The second kappa shape index (κ2) is 9.89. The lowest BCUT2D eigenvalue weighted by Crippen LogP contribution is -2.15. The van der Waals surface area contributed by atoms with Crippen LogP contribution in [0.25, 0.3) is 0 Å². The quantitative estimate of drug-likeness (QED) is 0.385. The maximum Gasteiger partial charge on any atom is 0.336 e. The summed E-state index contributed by atoms with van der Waals surface area (Å²) in [6.07, 6.45) is 1.34. The Morgan fingerprint density at radius 3 is 2.56 bits per heavy atom. The summed E-state index contributed by atoms with van der Waals surface area (Å²) < 4.78 is 41.7. The Morgan fingerprint density at radius 1 is 1.22 bits per heavy atom. The first kappa shape index (κ1) is 24.0. The zero-order chi connectivity index (χ0) is 23.5. The summed E-state index contributed by atoms with van der Waals surface area (Å²) in [5.41, 5.74) is 1.07. The van der Waals surface area contributed by atoms with E-state index in [4.69, 9.17) is 11.6 Å². The van der Waals surface area contributed by atoms with Crippen molar-refractivity contribution in [2.75, 3.05) is 4.72 Å². The molecule has 0 saturated heterocycles. The Kier molecular flexibility index (Phi) is 7.43. The Bertz CT molecular complexity index is 1230. The van der Waals surface area contributed by atoms with Gasteiger partial charge in [0.25, 0.3) is 10.0 Å². The predicted molar refractivity (Wildman–Crippen MR) is 124 cm³/mol. The van der Waals surface area contributed by atoms with Crippen molar-refractivity contribution in [1.82, 2.24) is 4.98 Å². The average Bonchev–Trinajstić information content (AvgIpc) is 2.73. The van der Waals surface area contributed by atoms with Gasteiger partial charge in [-0.15, -0.1) is 11.8 Å². The van der Waals surface area contributed by atoms with Gasteiger partial charge in [0.05, 0.1) is 27.4 Å². The lowest BCUT2D eigenvalue weighted by atomic mass is 9.97. The van der Waals surface area contributed by atoms with Crippen molar-refractivity contribution in [3.05, 3.63) is 82.3 Å². The number of nitrogens with one attached hydrogen (secondary N) is 1. The zero-order valence-electron chi connectivity index (χ0n) is 17.2. The first-order valence-corrected chi connectivity index (χ1v) is 12.3. The van der Waals surface area contributed by atoms with Crippen molar-refractivity contribution in [1.29, 1.82) is 0 Å². The van der Waals surface area contributed by atoms with Crippen LogP contribution in [-0.4, -0.2) is 24.5 Å². The molecule has 1 aromatic heterocycles. The smallest absolute Gasteiger partial charge is 0.336 e. The molecule has 0 radical (unpaired) electrons. The molecule has 6 nitrogen and oxygen atoms in total. The van der Waals surface area contributed by atoms with Gasteiger partial charge in [0, 0.05) is 16.3 Å². The van der Waals surface area contributed by atoms with Crippen molar-refractivity contribution in [2.24, 2.45) is 0 Å². The number of aromatic nitrogens is 1. The van der Waals surface area contributed by atoms with E-state index in [0.29, 0.717) is 21.2 Å². The summed E-state index contributed by atoms with van der Waals surface area (Å²) in [7, 11) is -4.02. The van der Waals surface area contributed by atoms with Crippen LogP contribution in [0.5, 0.6) is 0 Å². The van der Waals surface area contributed by atoms with Crippen LogP contribution in [0, 0.1) is 5.82 Å². The molecule has 0 aliphatic rings. The maximum atomic E-state index is 13.9. The normalized spacial score (nSPS) is 11.5. The first-order valence-electron chi connectivity index (χ1n) is 9.50. The van der Waals surface area contributed by atoms with E-state index in [2.05, 4.69) is 9.71 Å². The van der Waals surface area contributed by atoms with Gasteiger partial charge in [-0.3, -0.25) is 4.72 Å². The van der Waals surface area contributed by atoms with E-state index in [1.165, 1.54) is 48.3 Å². The summed E-state index contributed by atoms with van der Waals surface area (Å²) in [4.78, 5) is 15.6. The number of rotatable bonds is 8. The van der Waals surface area contributed by atoms with Crippen LogP contribution < -0.4 is 4.72 Å². The van der Waals surface area contributed by atoms with Crippen LogP contribution in [-0.2, 0) is 15.8 Å². The average molecular weight is 495 g/mol. The molecule has 0 atom stereocenters. The number of pyridine rings is 1. The molecular formula is C22H20ClFN2O4S2. The Balaban J connectivity index is 1.74. The minimum Gasteiger partial charge on any atom is -0.478 e. The molecule has 168 valence electrons. The third-order valence-electron chi connectivity index (χ3n) is 4.60. The standard InChI is InChI=1S/C22H20ClFN2O4S2/c1-13(2)16-8-7-15(10-17(16)22(27)28)32(29,30)26-14-6-9-21(25-11-14)31-12-18-19(23)4-3-5-20(18)24/h3-11,13,26H,12H2,1-2H3,(H,27,28). The molecule has 3 rings (SSSR count). The van der Waals surface area contributed by atoms with Gasteiger partial charge in [0.2, 0.25) is 0 Å². The first-order chi connectivity index (χ1) is 15.1. The molecule has 1 heterocycles. The minimum atomic E-state index is -4.02. The lowest BCUT2D eigenvalue weighted by molar-refractivity contribution is 0.0695. The van der Waals surface area contributed by atoms with E-state index < -0.39 is 21.8 Å². The fourth-order valence-electron chi connectivity index (χ4n) is 2.95. The van der Waals surface area contributed by atoms with Crippen LogP contribution in [0.15, 0.2) is 64.6 Å². The molecule has 10 heteroatoms. The number of hydrogen-bond acceptors (Lipinski definition) is 5. The number of nitrogens with zero attached hydrogens (tertiary/aromatic N) is 1. The van der Waals surface area contributed by atoms with Gasteiger partial charge in [-0.1, -0.05) is 37.6 Å². The molecule has 0 fully saturated rings. The second-order valence-corrected chi connectivity index (χ2v) is 10.3. The van der Waals surface area contributed by atoms with Gasteiger partial charge in [-0.05, 0) is 47.9 Å². The number of sulfonamides is 1. The van der Waals surface area contributed by atoms with Gasteiger partial charge in [0.1, 0.15) is 5.82 Å². The van der Waals surface area contributed by atoms with Crippen molar-refractivity contribution in [3.63, 3.8) is 0 Å². The lowest BCUT2D eigenvalue weighted by Gasteiger charge is -2.13. The summed E-state index contributed by atoms with van der Waals surface area (Å²) in [5, 5.41) is 10.3. The van der Waals surface area contributed by atoms with E-state index in [9.17, 15) is 22.7 Å². The maximum absolute atomic E-state index is 13.9. The summed E-state index contributed by atoms with van der Waals surface area (Å²) in [6.45, 7) is 3.67. The van der Waals surface area contributed by atoms with E-state index in [-0.39, 0.29) is 27.8 Å².